The zero-order valence-corrected chi connectivity index (χ0v) is 14.0. The van der Waals surface area contributed by atoms with Crippen molar-refractivity contribution < 1.29 is 18.6 Å². The van der Waals surface area contributed by atoms with Gasteiger partial charge in [0.15, 0.2) is 37.9 Å². The Bertz CT molecular complexity index is 548. The van der Waals surface area contributed by atoms with Gasteiger partial charge >= 0.3 is 0 Å². The first-order valence-electron chi connectivity index (χ1n) is 8.52. The molecular formula is C18H26N4O2+2. The number of hydrogen-bond donors (Lipinski definition) is 2. The summed E-state index contributed by atoms with van der Waals surface area (Å²) in [5.74, 6) is 0. The standard InChI is InChI=1S/C18H24N4O2/c1-7-21-8-2-17(1)19-5-13-23-14-6-20-18-3-9-22(10-4-18)12-16-24-15-11-21/h1-4,7-10H,5-6,11-16H2/p+2. The predicted molar refractivity (Wildman–Crippen MR) is 91.9 cm³/mol. The van der Waals surface area contributed by atoms with Crippen molar-refractivity contribution >= 4 is 11.4 Å². The Kier molecular flexibility index (Phi) is 6.39. The Morgan fingerprint density at radius 2 is 1.04 bits per heavy atom. The summed E-state index contributed by atoms with van der Waals surface area (Å²) in [7, 11) is 0. The molecule has 4 bridgehead atoms. The van der Waals surface area contributed by atoms with Crippen molar-refractivity contribution in [2.24, 2.45) is 0 Å². The SMILES string of the molecule is c1c[n+]2ccc1NCCOCCNc1cc[n+](cc1)CCOCC2. The van der Waals surface area contributed by atoms with Gasteiger partial charge in [0.2, 0.25) is 0 Å². The van der Waals surface area contributed by atoms with Crippen LogP contribution in [0.4, 0.5) is 11.4 Å². The lowest BCUT2D eigenvalue weighted by atomic mass is 10.4. The topological polar surface area (TPSA) is 50.3 Å². The van der Waals surface area contributed by atoms with Crippen molar-refractivity contribution in [1.29, 1.82) is 0 Å². The molecule has 6 nitrogen and oxygen atoms in total. The van der Waals surface area contributed by atoms with Crippen molar-refractivity contribution in [3.05, 3.63) is 49.1 Å². The molecule has 0 saturated carbocycles. The average molecular weight is 330 g/mol. The monoisotopic (exact) mass is 330 g/mol. The molecule has 0 amide bonds. The lowest BCUT2D eigenvalue weighted by Gasteiger charge is -2.09. The van der Waals surface area contributed by atoms with Crippen LogP contribution in [0.15, 0.2) is 49.1 Å². The highest BCUT2D eigenvalue weighted by Gasteiger charge is 2.04. The summed E-state index contributed by atoms with van der Waals surface area (Å²) in [5, 5.41) is 6.73. The van der Waals surface area contributed by atoms with Crippen molar-refractivity contribution in [3.63, 3.8) is 0 Å². The fourth-order valence-electron chi connectivity index (χ4n) is 2.53. The molecule has 4 aliphatic rings. The van der Waals surface area contributed by atoms with E-state index in [1.165, 1.54) is 0 Å². The maximum atomic E-state index is 5.73. The van der Waals surface area contributed by atoms with E-state index in [1.54, 1.807) is 0 Å². The first-order chi connectivity index (χ1) is 11.9. The summed E-state index contributed by atoms with van der Waals surface area (Å²) >= 11 is 0. The van der Waals surface area contributed by atoms with Gasteiger partial charge in [-0.1, -0.05) is 0 Å². The molecule has 0 spiro atoms. The van der Waals surface area contributed by atoms with Crippen molar-refractivity contribution in [2.75, 3.05) is 50.2 Å². The van der Waals surface area contributed by atoms with E-state index < -0.39 is 0 Å². The molecule has 0 aromatic carbocycles. The van der Waals surface area contributed by atoms with Gasteiger partial charge in [0, 0.05) is 48.7 Å². The van der Waals surface area contributed by atoms with Gasteiger partial charge in [-0.3, -0.25) is 0 Å². The maximum absolute atomic E-state index is 5.73. The van der Waals surface area contributed by atoms with Gasteiger partial charge < -0.3 is 20.1 Å². The molecule has 2 aromatic rings. The second kappa shape index (κ2) is 9.20. The van der Waals surface area contributed by atoms with Gasteiger partial charge in [-0.15, -0.1) is 0 Å². The Balaban J connectivity index is 1.56. The number of nitrogens with zero attached hydrogens (tertiary/aromatic N) is 2. The first-order valence-corrected chi connectivity index (χ1v) is 8.52. The Morgan fingerprint density at radius 1 is 0.625 bits per heavy atom. The number of rotatable bonds is 0. The summed E-state index contributed by atoms with van der Waals surface area (Å²) in [5.41, 5.74) is 2.22. The summed E-state index contributed by atoms with van der Waals surface area (Å²) < 4.78 is 15.6. The van der Waals surface area contributed by atoms with E-state index in [0.29, 0.717) is 26.4 Å². The summed E-state index contributed by atoms with van der Waals surface area (Å²) in [6.07, 6.45) is 8.29. The lowest BCUT2D eigenvalue weighted by molar-refractivity contribution is -0.705. The Labute approximate surface area is 143 Å². The average Bonchev–Trinajstić information content (AvgIpc) is 2.62. The largest absolute Gasteiger partial charge is 0.382 e. The molecule has 2 N–H and O–H groups in total. The molecule has 24 heavy (non-hydrogen) atoms. The van der Waals surface area contributed by atoms with Crippen LogP contribution in [0.5, 0.6) is 0 Å². The van der Waals surface area contributed by atoms with Crippen molar-refractivity contribution in [1.82, 2.24) is 0 Å². The van der Waals surface area contributed by atoms with E-state index in [9.17, 15) is 0 Å². The molecule has 2 aromatic heterocycles. The lowest BCUT2D eigenvalue weighted by Crippen LogP contribution is -2.37. The molecule has 6 heterocycles. The van der Waals surface area contributed by atoms with Crippen molar-refractivity contribution in [2.45, 2.75) is 13.1 Å². The molecule has 0 radical (unpaired) electrons. The van der Waals surface area contributed by atoms with E-state index in [1.807, 2.05) is 0 Å². The minimum atomic E-state index is 0.694. The first kappa shape index (κ1) is 16.7. The number of hydrogen-bond acceptors (Lipinski definition) is 4. The highest BCUT2D eigenvalue weighted by molar-refractivity contribution is 5.40. The molecule has 0 saturated heterocycles. The second-order valence-electron chi connectivity index (χ2n) is 5.73. The quantitative estimate of drug-likeness (QED) is 0.703. The molecule has 4 aliphatic heterocycles. The minimum absolute atomic E-state index is 0.694. The van der Waals surface area contributed by atoms with Crippen LogP contribution >= 0.6 is 0 Å². The summed E-state index contributed by atoms with van der Waals surface area (Å²) in [4.78, 5) is 0. The fourth-order valence-corrected chi connectivity index (χ4v) is 2.53. The summed E-state index contributed by atoms with van der Waals surface area (Å²) in [6.45, 7) is 6.14. The molecule has 6 heteroatoms. The van der Waals surface area contributed by atoms with Crippen LogP contribution < -0.4 is 19.8 Å². The smallest absolute Gasteiger partial charge is 0.171 e. The highest BCUT2D eigenvalue weighted by Crippen LogP contribution is 2.03. The molecule has 0 atom stereocenters. The Hall–Kier alpha value is -2.18. The summed E-state index contributed by atoms with van der Waals surface area (Å²) in [6, 6.07) is 8.32. The Morgan fingerprint density at radius 3 is 1.50 bits per heavy atom. The van der Waals surface area contributed by atoms with Gasteiger partial charge in [0.1, 0.15) is 13.2 Å². The van der Waals surface area contributed by atoms with Crippen LogP contribution in [-0.4, -0.2) is 39.5 Å². The van der Waals surface area contributed by atoms with Crippen molar-refractivity contribution in [3.8, 4) is 0 Å². The van der Waals surface area contributed by atoms with E-state index in [2.05, 4.69) is 68.8 Å². The number of ether oxygens (including phenoxy) is 2. The van der Waals surface area contributed by atoms with Crippen LogP contribution in [-0.2, 0) is 22.6 Å². The van der Waals surface area contributed by atoms with Crippen LogP contribution in [0.25, 0.3) is 0 Å². The minimum Gasteiger partial charge on any atom is -0.382 e. The molecule has 0 unspecified atom stereocenters. The van der Waals surface area contributed by atoms with Gasteiger partial charge in [-0.25, -0.2) is 9.13 Å². The number of anilines is 2. The van der Waals surface area contributed by atoms with E-state index in [-0.39, 0.29) is 0 Å². The molecular weight excluding hydrogens is 304 g/mol. The predicted octanol–water partition coefficient (Wildman–Crippen LogP) is 0.832. The number of pyridine rings is 2. The van der Waals surface area contributed by atoms with Gasteiger partial charge in [0.25, 0.3) is 0 Å². The molecule has 0 fully saturated rings. The number of nitrogens with one attached hydrogen (secondary N) is 2. The van der Waals surface area contributed by atoms with E-state index in [0.717, 1.165) is 37.6 Å². The maximum Gasteiger partial charge on any atom is 0.171 e. The zero-order valence-electron chi connectivity index (χ0n) is 14.0. The van der Waals surface area contributed by atoms with Gasteiger partial charge in [-0.05, 0) is 0 Å². The highest BCUT2D eigenvalue weighted by atomic mass is 16.5. The third-order valence-corrected chi connectivity index (χ3v) is 3.92. The van der Waals surface area contributed by atoms with E-state index >= 15 is 0 Å². The van der Waals surface area contributed by atoms with Crippen LogP contribution in [0.2, 0.25) is 0 Å². The van der Waals surface area contributed by atoms with Crippen LogP contribution in [0, 0.1) is 0 Å². The third kappa shape index (κ3) is 5.47. The zero-order chi connectivity index (χ0) is 16.5. The molecule has 0 aliphatic carbocycles. The second-order valence-corrected chi connectivity index (χ2v) is 5.73. The van der Waals surface area contributed by atoms with Crippen LogP contribution in [0.3, 0.4) is 0 Å². The van der Waals surface area contributed by atoms with Gasteiger partial charge in [-0.2, -0.15) is 0 Å². The van der Waals surface area contributed by atoms with E-state index in [4.69, 9.17) is 9.47 Å². The third-order valence-electron chi connectivity index (χ3n) is 3.92. The normalized spacial score (nSPS) is 17.0. The van der Waals surface area contributed by atoms with Gasteiger partial charge in [0.05, 0.1) is 13.2 Å². The number of aromatic nitrogens is 2. The molecule has 6 rings (SSSR count). The van der Waals surface area contributed by atoms with Crippen LogP contribution in [0.1, 0.15) is 0 Å². The fraction of sp³-hybridized carbons (Fsp3) is 0.444. The molecule has 128 valence electrons.